The van der Waals surface area contributed by atoms with Crippen LogP contribution in [0.3, 0.4) is 0 Å². The summed E-state index contributed by atoms with van der Waals surface area (Å²) < 4.78 is 31.9. The van der Waals surface area contributed by atoms with Gasteiger partial charge in [-0.2, -0.15) is 0 Å². The van der Waals surface area contributed by atoms with Crippen molar-refractivity contribution in [3.8, 4) is 0 Å². The Hall–Kier alpha value is -1.49. The van der Waals surface area contributed by atoms with E-state index in [1.165, 1.54) is 12.1 Å². The molecule has 2 rings (SSSR count). The largest absolute Gasteiger partial charge is 0.364 e. The smallest absolute Gasteiger partial charge is 0.249 e. The molecule has 0 aromatic heterocycles. The van der Waals surface area contributed by atoms with Crippen LogP contribution in [0.4, 0.5) is 8.78 Å². The lowest BCUT2D eigenvalue weighted by atomic mass is 10.1. The summed E-state index contributed by atoms with van der Waals surface area (Å²) in [4.78, 5) is 12.0. The third-order valence-electron chi connectivity index (χ3n) is 3.81. The molecule has 1 N–H and O–H groups in total. The molecule has 1 saturated carbocycles. The first-order valence-electron chi connectivity index (χ1n) is 7.34. The average molecular weight is 297 g/mol. The van der Waals surface area contributed by atoms with Crippen molar-refractivity contribution in [3.63, 3.8) is 0 Å². The summed E-state index contributed by atoms with van der Waals surface area (Å²) in [6, 6.07) is 3.26. The SMILES string of the molecule is CCNC(=O)C(CC1CC1C)OCc1cc(F)cc(F)c1. The highest BCUT2D eigenvalue weighted by Gasteiger charge is 2.36. The van der Waals surface area contributed by atoms with Crippen LogP contribution in [0.1, 0.15) is 32.3 Å². The summed E-state index contributed by atoms with van der Waals surface area (Å²) in [6.07, 6.45) is 1.20. The van der Waals surface area contributed by atoms with Crippen molar-refractivity contribution in [1.29, 1.82) is 0 Å². The van der Waals surface area contributed by atoms with Crippen LogP contribution in [0.25, 0.3) is 0 Å². The summed E-state index contributed by atoms with van der Waals surface area (Å²) in [7, 11) is 0. The van der Waals surface area contributed by atoms with E-state index in [0.29, 0.717) is 30.4 Å². The van der Waals surface area contributed by atoms with Crippen LogP contribution in [0, 0.1) is 23.5 Å². The van der Waals surface area contributed by atoms with Gasteiger partial charge in [0.1, 0.15) is 17.7 Å². The molecule has 3 atom stereocenters. The van der Waals surface area contributed by atoms with Gasteiger partial charge >= 0.3 is 0 Å². The maximum absolute atomic E-state index is 13.1. The molecule has 1 fully saturated rings. The van der Waals surface area contributed by atoms with Gasteiger partial charge in [0, 0.05) is 12.6 Å². The Morgan fingerprint density at radius 2 is 2.00 bits per heavy atom. The van der Waals surface area contributed by atoms with Crippen molar-refractivity contribution in [2.75, 3.05) is 6.54 Å². The monoisotopic (exact) mass is 297 g/mol. The third-order valence-corrected chi connectivity index (χ3v) is 3.81. The number of likely N-dealkylation sites (N-methyl/N-ethyl adjacent to an activating group) is 1. The molecule has 1 amide bonds. The van der Waals surface area contributed by atoms with Gasteiger partial charge in [0.15, 0.2) is 0 Å². The van der Waals surface area contributed by atoms with Crippen molar-refractivity contribution < 1.29 is 18.3 Å². The first kappa shape index (κ1) is 15.9. The molecule has 0 aliphatic heterocycles. The molecule has 116 valence electrons. The number of nitrogens with one attached hydrogen (secondary N) is 1. The van der Waals surface area contributed by atoms with Gasteiger partial charge in [0.25, 0.3) is 0 Å². The zero-order chi connectivity index (χ0) is 15.4. The molecule has 21 heavy (non-hydrogen) atoms. The molecule has 5 heteroatoms. The minimum Gasteiger partial charge on any atom is -0.364 e. The van der Waals surface area contributed by atoms with E-state index in [0.717, 1.165) is 12.5 Å². The average Bonchev–Trinajstić information content (AvgIpc) is 3.09. The Bertz CT molecular complexity index is 487. The zero-order valence-electron chi connectivity index (χ0n) is 12.4. The van der Waals surface area contributed by atoms with Crippen LogP contribution < -0.4 is 5.32 Å². The Morgan fingerprint density at radius 3 is 2.52 bits per heavy atom. The lowest BCUT2D eigenvalue weighted by Crippen LogP contribution is -2.36. The predicted molar refractivity (Wildman–Crippen MR) is 75.5 cm³/mol. The minimum absolute atomic E-state index is 0.0254. The second kappa shape index (κ2) is 6.98. The van der Waals surface area contributed by atoms with Crippen molar-refractivity contribution in [3.05, 3.63) is 35.4 Å². The summed E-state index contributed by atoms with van der Waals surface area (Å²) >= 11 is 0. The van der Waals surface area contributed by atoms with Crippen LogP contribution in [0.5, 0.6) is 0 Å². The van der Waals surface area contributed by atoms with Crippen LogP contribution in [0.15, 0.2) is 18.2 Å². The van der Waals surface area contributed by atoms with Gasteiger partial charge in [-0.1, -0.05) is 6.92 Å². The van der Waals surface area contributed by atoms with Crippen LogP contribution in [0.2, 0.25) is 0 Å². The van der Waals surface area contributed by atoms with E-state index in [4.69, 9.17) is 4.74 Å². The molecule has 0 saturated heterocycles. The Kier molecular flexibility index (Phi) is 5.28. The number of carbonyl (C=O) groups is 1. The van der Waals surface area contributed by atoms with Gasteiger partial charge in [-0.25, -0.2) is 8.78 Å². The molecule has 0 bridgehead atoms. The molecule has 1 aliphatic carbocycles. The fourth-order valence-electron chi connectivity index (χ4n) is 2.43. The topological polar surface area (TPSA) is 38.3 Å². The fourth-order valence-corrected chi connectivity index (χ4v) is 2.43. The molecular weight excluding hydrogens is 276 g/mol. The molecule has 3 unspecified atom stereocenters. The van der Waals surface area contributed by atoms with Gasteiger partial charge in [0.05, 0.1) is 6.61 Å². The summed E-state index contributed by atoms with van der Waals surface area (Å²) in [5.41, 5.74) is 0.394. The van der Waals surface area contributed by atoms with E-state index in [2.05, 4.69) is 12.2 Å². The van der Waals surface area contributed by atoms with E-state index in [1.807, 2.05) is 6.92 Å². The first-order chi connectivity index (χ1) is 9.99. The van der Waals surface area contributed by atoms with Gasteiger partial charge in [-0.15, -0.1) is 0 Å². The van der Waals surface area contributed by atoms with E-state index in [9.17, 15) is 13.6 Å². The maximum Gasteiger partial charge on any atom is 0.249 e. The maximum atomic E-state index is 13.1. The third kappa shape index (κ3) is 4.77. The van der Waals surface area contributed by atoms with Crippen LogP contribution in [-0.4, -0.2) is 18.6 Å². The number of amides is 1. The highest BCUT2D eigenvalue weighted by molar-refractivity contribution is 5.80. The standard InChI is InChI=1S/C16H21F2NO2/c1-3-19-16(20)15(7-12-4-10(12)2)21-9-11-5-13(17)8-14(18)6-11/h5-6,8,10,12,15H,3-4,7,9H2,1-2H3,(H,19,20). The van der Waals surface area contributed by atoms with Gasteiger partial charge < -0.3 is 10.1 Å². The Labute approximate surface area is 123 Å². The molecule has 3 nitrogen and oxygen atoms in total. The van der Waals surface area contributed by atoms with Gasteiger partial charge in [0.2, 0.25) is 5.91 Å². The Morgan fingerprint density at radius 1 is 1.38 bits per heavy atom. The number of ether oxygens (including phenoxy) is 1. The van der Waals surface area contributed by atoms with Crippen molar-refractivity contribution >= 4 is 5.91 Å². The summed E-state index contributed by atoms with van der Waals surface area (Å²) in [6.45, 7) is 4.54. The number of halogens is 2. The molecule has 0 spiro atoms. The van der Waals surface area contributed by atoms with E-state index in [1.54, 1.807) is 0 Å². The van der Waals surface area contributed by atoms with E-state index < -0.39 is 17.7 Å². The second-order valence-corrected chi connectivity index (χ2v) is 5.68. The quantitative estimate of drug-likeness (QED) is 0.840. The predicted octanol–water partition coefficient (Wildman–Crippen LogP) is 3.03. The first-order valence-corrected chi connectivity index (χ1v) is 7.34. The van der Waals surface area contributed by atoms with E-state index in [-0.39, 0.29) is 12.5 Å². The fraction of sp³-hybridized carbons (Fsp3) is 0.562. The second-order valence-electron chi connectivity index (χ2n) is 5.68. The Balaban J connectivity index is 1.95. The highest BCUT2D eigenvalue weighted by atomic mass is 19.1. The normalized spacial score (nSPS) is 21.9. The summed E-state index contributed by atoms with van der Waals surface area (Å²) in [5.74, 6) is -0.314. The van der Waals surface area contributed by atoms with Crippen molar-refractivity contribution in [2.24, 2.45) is 11.8 Å². The molecular formula is C16H21F2NO2. The number of hydrogen-bond acceptors (Lipinski definition) is 2. The van der Waals surface area contributed by atoms with Gasteiger partial charge in [-0.05, 0) is 49.3 Å². The van der Waals surface area contributed by atoms with Crippen LogP contribution >= 0.6 is 0 Å². The number of carbonyl (C=O) groups excluding carboxylic acids is 1. The number of hydrogen-bond donors (Lipinski definition) is 1. The molecule has 0 heterocycles. The van der Waals surface area contributed by atoms with Crippen LogP contribution in [-0.2, 0) is 16.1 Å². The van der Waals surface area contributed by atoms with Crippen molar-refractivity contribution in [2.45, 2.75) is 39.4 Å². The highest BCUT2D eigenvalue weighted by Crippen LogP contribution is 2.41. The molecule has 0 radical (unpaired) electrons. The molecule has 1 aromatic carbocycles. The lowest BCUT2D eigenvalue weighted by molar-refractivity contribution is -0.134. The summed E-state index contributed by atoms with van der Waals surface area (Å²) in [5, 5.41) is 2.74. The molecule has 1 aromatic rings. The number of benzene rings is 1. The van der Waals surface area contributed by atoms with Crippen molar-refractivity contribution in [1.82, 2.24) is 5.32 Å². The number of rotatable bonds is 7. The molecule has 1 aliphatic rings. The lowest BCUT2D eigenvalue weighted by Gasteiger charge is -2.17. The minimum atomic E-state index is -0.640. The zero-order valence-corrected chi connectivity index (χ0v) is 12.4. The van der Waals surface area contributed by atoms with E-state index >= 15 is 0 Å². The van der Waals surface area contributed by atoms with Gasteiger partial charge in [-0.3, -0.25) is 4.79 Å².